The molecule has 0 spiro atoms. The second-order valence-electron chi connectivity index (χ2n) is 4.27. The summed E-state index contributed by atoms with van der Waals surface area (Å²) in [5, 5.41) is 0. The molecule has 16 heavy (non-hydrogen) atoms. The Bertz CT molecular complexity index is 361. The molecule has 0 aliphatic heterocycles. The second kappa shape index (κ2) is 5.35. The molecule has 0 atom stereocenters. The van der Waals surface area contributed by atoms with Crippen molar-refractivity contribution in [2.45, 2.75) is 26.4 Å². The maximum absolute atomic E-state index is 11.3. The van der Waals surface area contributed by atoms with Gasteiger partial charge >= 0.3 is 5.97 Å². The number of carbonyl (C=O) groups is 1. The van der Waals surface area contributed by atoms with Gasteiger partial charge in [0.05, 0.1) is 17.9 Å². The molecule has 1 rings (SSSR count). The van der Waals surface area contributed by atoms with Gasteiger partial charge in [0, 0.05) is 0 Å². The summed E-state index contributed by atoms with van der Waals surface area (Å²) >= 11 is 0. The topological polar surface area (TPSA) is 35.5 Å². The molecule has 1 aromatic rings. The third-order valence-corrected chi connectivity index (χ3v) is 1.59. The molecule has 0 aromatic heterocycles. The molecule has 0 amide bonds. The number of carbonyl (C=O) groups excluding carboxylic acids is 1. The van der Waals surface area contributed by atoms with Crippen LogP contribution in [-0.4, -0.2) is 11.6 Å². The molecule has 0 N–H and O–H groups in total. The van der Waals surface area contributed by atoms with E-state index in [-0.39, 0.29) is 5.60 Å². The Morgan fingerprint density at radius 3 is 2.38 bits per heavy atom. The molecule has 0 saturated heterocycles. The average Bonchev–Trinajstić information content (AvgIpc) is 2.17. The zero-order chi connectivity index (χ0) is 12.0. The highest BCUT2D eigenvalue weighted by molar-refractivity contribution is 5.83. The predicted octanol–water partition coefficient (Wildman–Crippen LogP) is 2.92. The van der Waals surface area contributed by atoms with Crippen LogP contribution in [0.4, 0.5) is 0 Å². The first-order valence-corrected chi connectivity index (χ1v) is 5.08. The van der Waals surface area contributed by atoms with Crippen LogP contribution in [0.15, 0.2) is 42.7 Å². The van der Waals surface area contributed by atoms with Gasteiger partial charge < -0.3 is 9.47 Å². The van der Waals surface area contributed by atoms with Crippen molar-refractivity contribution >= 4 is 5.97 Å². The van der Waals surface area contributed by atoms with Crippen molar-refractivity contribution in [2.24, 2.45) is 0 Å². The Hall–Kier alpha value is -1.77. The van der Waals surface area contributed by atoms with Crippen LogP contribution in [0.25, 0.3) is 0 Å². The first-order valence-electron chi connectivity index (χ1n) is 5.08. The molecule has 0 fully saturated rings. The molecule has 0 radical (unpaired) electrons. The molecule has 0 aliphatic carbocycles. The number of ether oxygens (including phenoxy) is 2. The van der Waals surface area contributed by atoms with Crippen molar-refractivity contribution in [1.29, 1.82) is 0 Å². The van der Waals surface area contributed by atoms with Crippen LogP contribution in [0.3, 0.4) is 0 Å². The van der Waals surface area contributed by atoms with E-state index in [0.29, 0.717) is 5.75 Å². The van der Waals surface area contributed by atoms with E-state index in [1.807, 2.05) is 26.8 Å². The fraction of sp³-hybridized carbons (Fsp3) is 0.308. The molecular weight excluding hydrogens is 204 g/mol. The smallest absolute Gasteiger partial charge is 0.339 e. The summed E-state index contributed by atoms with van der Waals surface area (Å²) in [6, 6.07) is 8.90. The largest absolute Gasteiger partial charge is 0.495 e. The molecule has 3 nitrogen and oxygen atoms in total. The molecule has 3 heteroatoms. The van der Waals surface area contributed by atoms with Gasteiger partial charge in [0.25, 0.3) is 0 Å². The lowest BCUT2D eigenvalue weighted by atomic mass is 10.2. The van der Waals surface area contributed by atoms with Crippen LogP contribution in [0.5, 0.6) is 5.75 Å². The van der Waals surface area contributed by atoms with E-state index in [1.165, 1.54) is 12.3 Å². The van der Waals surface area contributed by atoms with E-state index in [9.17, 15) is 4.79 Å². The molecule has 0 bridgehead atoms. The van der Waals surface area contributed by atoms with Crippen LogP contribution in [0, 0.1) is 0 Å². The molecule has 0 unspecified atom stereocenters. The fourth-order valence-electron chi connectivity index (χ4n) is 0.932. The molecule has 86 valence electrons. The van der Waals surface area contributed by atoms with Gasteiger partial charge in [-0.1, -0.05) is 18.2 Å². The number of benzene rings is 1. The van der Waals surface area contributed by atoms with Crippen molar-refractivity contribution in [1.82, 2.24) is 0 Å². The van der Waals surface area contributed by atoms with E-state index in [1.54, 1.807) is 24.3 Å². The van der Waals surface area contributed by atoms with Crippen LogP contribution < -0.4 is 4.74 Å². The number of rotatable bonds is 3. The Kier molecular flexibility index (Phi) is 4.11. The van der Waals surface area contributed by atoms with Crippen molar-refractivity contribution in [3.05, 3.63) is 42.7 Å². The second-order valence-corrected chi connectivity index (χ2v) is 4.27. The highest BCUT2D eigenvalue weighted by Gasteiger charge is 2.08. The quantitative estimate of drug-likeness (QED) is 0.340. The zero-order valence-electron chi connectivity index (χ0n) is 9.77. The molecule has 1 aromatic carbocycles. The lowest BCUT2D eigenvalue weighted by molar-refractivity contribution is -0.129. The summed E-state index contributed by atoms with van der Waals surface area (Å²) in [5.74, 6) is 0.0726. The summed E-state index contributed by atoms with van der Waals surface area (Å²) in [7, 11) is 0. The molecule has 0 heterocycles. The van der Waals surface area contributed by atoms with Gasteiger partial charge in [0.2, 0.25) is 0 Å². The Labute approximate surface area is 95.7 Å². The first kappa shape index (κ1) is 12.3. The van der Waals surface area contributed by atoms with Gasteiger partial charge in [-0.15, -0.1) is 0 Å². The number of hydrogen-bond acceptors (Lipinski definition) is 3. The normalized spacial score (nSPS) is 11.4. The summed E-state index contributed by atoms with van der Waals surface area (Å²) in [6.45, 7) is 5.71. The fourth-order valence-corrected chi connectivity index (χ4v) is 0.932. The first-order chi connectivity index (χ1) is 7.47. The van der Waals surface area contributed by atoms with E-state index in [0.717, 1.165) is 0 Å². The van der Waals surface area contributed by atoms with Crippen molar-refractivity contribution in [2.75, 3.05) is 0 Å². The van der Waals surface area contributed by atoms with E-state index in [4.69, 9.17) is 9.47 Å². The van der Waals surface area contributed by atoms with Gasteiger partial charge in [-0.25, -0.2) is 4.79 Å². The van der Waals surface area contributed by atoms with Gasteiger partial charge in [-0.3, -0.25) is 0 Å². The van der Waals surface area contributed by atoms with E-state index >= 15 is 0 Å². The summed E-state index contributed by atoms with van der Waals surface area (Å²) in [5.41, 5.74) is -0.302. The van der Waals surface area contributed by atoms with Gasteiger partial charge in [0.1, 0.15) is 5.75 Å². The maximum atomic E-state index is 11.3. The summed E-state index contributed by atoms with van der Waals surface area (Å²) in [6.07, 6.45) is 2.61. The Balaban J connectivity index is 2.43. The zero-order valence-corrected chi connectivity index (χ0v) is 9.77. The van der Waals surface area contributed by atoms with Crippen LogP contribution in [0.1, 0.15) is 20.8 Å². The molecule has 0 aliphatic rings. The molecular formula is C13H16O3. The number of hydrogen-bond donors (Lipinski definition) is 0. The minimum Gasteiger partial charge on any atom is -0.495 e. The van der Waals surface area contributed by atoms with Gasteiger partial charge in [0.15, 0.2) is 0 Å². The van der Waals surface area contributed by atoms with Crippen LogP contribution in [-0.2, 0) is 9.53 Å². The molecule has 0 saturated carbocycles. The van der Waals surface area contributed by atoms with Gasteiger partial charge in [-0.05, 0) is 32.9 Å². The van der Waals surface area contributed by atoms with E-state index in [2.05, 4.69) is 0 Å². The highest BCUT2D eigenvalue weighted by atomic mass is 16.5. The predicted molar refractivity (Wildman–Crippen MR) is 62.1 cm³/mol. The third kappa shape index (κ3) is 5.20. The Morgan fingerprint density at radius 2 is 1.81 bits per heavy atom. The van der Waals surface area contributed by atoms with Crippen molar-refractivity contribution in [3.8, 4) is 5.75 Å². The number of para-hydroxylation sites is 1. The minimum atomic E-state index is -0.449. The van der Waals surface area contributed by atoms with E-state index < -0.39 is 5.97 Å². The SMILES string of the molecule is CC(C)(C)OC=CC(=O)Oc1ccccc1. The highest BCUT2D eigenvalue weighted by Crippen LogP contribution is 2.09. The minimum absolute atomic E-state index is 0.302. The standard InChI is InChI=1S/C13H16O3/c1-13(2,3)15-10-9-12(14)16-11-7-5-4-6-8-11/h4-10H,1-3H3. The lowest BCUT2D eigenvalue weighted by Crippen LogP contribution is -2.15. The Morgan fingerprint density at radius 1 is 1.19 bits per heavy atom. The summed E-state index contributed by atoms with van der Waals surface area (Å²) in [4.78, 5) is 11.3. The van der Waals surface area contributed by atoms with Crippen LogP contribution >= 0.6 is 0 Å². The number of esters is 1. The van der Waals surface area contributed by atoms with Gasteiger partial charge in [-0.2, -0.15) is 0 Å². The van der Waals surface area contributed by atoms with Crippen molar-refractivity contribution < 1.29 is 14.3 Å². The lowest BCUT2D eigenvalue weighted by Gasteiger charge is -2.17. The van der Waals surface area contributed by atoms with Crippen molar-refractivity contribution in [3.63, 3.8) is 0 Å². The average molecular weight is 220 g/mol. The van der Waals surface area contributed by atoms with Crippen LogP contribution in [0.2, 0.25) is 0 Å². The summed E-state index contributed by atoms with van der Waals surface area (Å²) < 4.78 is 10.3. The third-order valence-electron chi connectivity index (χ3n) is 1.59. The maximum Gasteiger partial charge on any atom is 0.339 e. The monoisotopic (exact) mass is 220 g/mol.